The largest absolute Gasteiger partial charge is 0.465 e. The number of aryl methyl sites for hydroxylation is 1. The molecular weight excluding hydrogens is 522 g/mol. The number of carbonyl (C=O) groups is 2. The zero-order valence-corrected chi connectivity index (χ0v) is 23.6. The second kappa shape index (κ2) is 11.3. The molecule has 2 N–H and O–H groups in total. The van der Waals surface area contributed by atoms with Crippen LogP contribution in [0.25, 0.3) is 5.69 Å². The van der Waals surface area contributed by atoms with Crippen LogP contribution in [0, 0.1) is 12.8 Å². The Morgan fingerprint density at radius 2 is 1.77 bits per heavy atom. The molecule has 0 radical (unpaired) electrons. The van der Waals surface area contributed by atoms with Crippen molar-refractivity contribution in [3.05, 3.63) is 108 Å². The predicted octanol–water partition coefficient (Wildman–Crippen LogP) is 5.74. The summed E-state index contributed by atoms with van der Waals surface area (Å²) in [6.45, 7) is 5.71. The number of hydrogen-bond donors (Lipinski definition) is 2. The number of nitrogens with zero attached hydrogens (tertiary/aromatic N) is 3. The van der Waals surface area contributed by atoms with E-state index in [-0.39, 0.29) is 29.9 Å². The first-order valence-corrected chi connectivity index (χ1v) is 13.5. The van der Waals surface area contributed by atoms with Crippen molar-refractivity contribution in [3.63, 3.8) is 0 Å². The fourth-order valence-corrected chi connectivity index (χ4v) is 5.24. The van der Waals surface area contributed by atoms with Gasteiger partial charge in [-0.3, -0.25) is 9.78 Å². The van der Waals surface area contributed by atoms with Crippen molar-refractivity contribution in [3.8, 4) is 5.69 Å². The molecule has 1 fully saturated rings. The van der Waals surface area contributed by atoms with E-state index in [4.69, 9.17) is 17.0 Å². The van der Waals surface area contributed by atoms with Crippen molar-refractivity contribution in [1.82, 2.24) is 14.9 Å². The van der Waals surface area contributed by atoms with Gasteiger partial charge < -0.3 is 24.8 Å². The summed E-state index contributed by atoms with van der Waals surface area (Å²) in [6, 6.07) is 22.7. The standard InChI is InChI=1S/C31H31N5O3S/c1-19(2)29(37)33-24-15-14-23(18-20(24)3)36-28(27(34-31(36)40)25-8-5-6-16-32-25)26-9-7-17-35(26)22-12-10-21(11-13-22)30(38)39-4/h5-19,27-28H,1-4H3,(H,33,37)(H,34,40)/t27-,28+/m0/s1. The molecule has 0 aliphatic carbocycles. The van der Waals surface area contributed by atoms with Gasteiger partial charge in [0.1, 0.15) is 6.04 Å². The minimum atomic E-state index is -0.380. The summed E-state index contributed by atoms with van der Waals surface area (Å²) in [6.07, 6.45) is 3.77. The number of amides is 1. The van der Waals surface area contributed by atoms with Crippen molar-refractivity contribution in [1.29, 1.82) is 0 Å². The van der Waals surface area contributed by atoms with E-state index in [2.05, 4.69) is 31.2 Å². The number of benzene rings is 2. The first-order valence-electron chi connectivity index (χ1n) is 13.1. The van der Waals surface area contributed by atoms with Crippen molar-refractivity contribution in [2.24, 2.45) is 5.92 Å². The molecule has 2 aromatic heterocycles. The quantitative estimate of drug-likeness (QED) is 0.223. The third-order valence-corrected chi connectivity index (χ3v) is 7.33. The molecule has 1 aliphatic rings. The zero-order chi connectivity index (χ0) is 28.4. The van der Waals surface area contributed by atoms with Gasteiger partial charge in [-0.2, -0.15) is 0 Å². The van der Waals surface area contributed by atoms with Crippen LogP contribution in [0.1, 0.15) is 53.2 Å². The van der Waals surface area contributed by atoms with Gasteiger partial charge in [-0.25, -0.2) is 4.79 Å². The molecule has 204 valence electrons. The van der Waals surface area contributed by atoms with Gasteiger partial charge >= 0.3 is 5.97 Å². The minimum Gasteiger partial charge on any atom is -0.465 e. The average molecular weight is 554 g/mol. The summed E-state index contributed by atoms with van der Waals surface area (Å²) >= 11 is 5.91. The SMILES string of the molecule is COC(=O)c1ccc(-n2cccc2[C@@H]2[C@H](c3ccccn3)NC(=S)N2c2ccc(NC(=O)C(C)C)c(C)c2)cc1. The number of hydrogen-bond acceptors (Lipinski definition) is 5. The van der Waals surface area contributed by atoms with E-state index in [1.54, 1.807) is 18.3 Å². The lowest BCUT2D eigenvalue weighted by molar-refractivity contribution is -0.118. The summed E-state index contributed by atoms with van der Waals surface area (Å²) in [5, 5.41) is 7.08. The molecule has 4 aromatic rings. The Balaban J connectivity index is 1.58. The van der Waals surface area contributed by atoms with E-state index in [0.29, 0.717) is 10.7 Å². The number of pyridine rings is 1. The highest BCUT2D eigenvalue weighted by atomic mass is 32.1. The molecule has 1 saturated heterocycles. The fraction of sp³-hybridized carbons (Fsp3) is 0.226. The smallest absolute Gasteiger partial charge is 0.337 e. The van der Waals surface area contributed by atoms with Crippen molar-refractivity contribution < 1.29 is 14.3 Å². The number of methoxy groups -OCH3 is 1. The molecule has 0 bridgehead atoms. The maximum absolute atomic E-state index is 12.3. The molecular formula is C31H31N5O3S. The van der Waals surface area contributed by atoms with Crippen LogP contribution in [0.2, 0.25) is 0 Å². The van der Waals surface area contributed by atoms with E-state index < -0.39 is 0 Å². The Kier molecular flexibility index (Phi) is 7.66. The number of ether oxygens (including phenoxy) is 1. The van der Waals surface area contributed by atoms with Crippen LogP contribution in [0.15, 0.2) is 85.2 Å². The summed E-state index contributed by atoms with van der Waals surface area (Å²) in [4.78, 5) is 31.1. The van der Waals surface area contributed by atoms with Gasteiger partial charge in [0, 0.05) is 41.1 Å². The summed E-state index contributed by atoms with van der Waals surface area (Å²) in [5.74, 6) is -0.528. The lowest BCUT2D eigenvalue weighted by Gasteiger charge is -2.29. The Morgan fingerprint density at radius 1 is 1.02 bits per heavy atom. The number of aromatic nitrogens is 2. The van der Waals surface area contributed by atoms with Crippen LogP contribution in [-0.2, 0) is 9.53 Å². The number of nitrogens with one attached hydrogen (secondary N) is 2. The van der Waals surface area contributed by atoms with Crippen molar-refractivity contribution in [2.75, 3.05) is 17.3 Å². The van der Waals surface area contributed by atoms with Crippen molar-refractivity contribution in [2.45, 2.75) is 32.9 Å². The fourth-order valence-electron chi connectivity index (χ4n) is 4.89. The molecule has 0 spiro atoms. The van der Waals surface area contributed by atoms with E-state index in [1.807, 2.05) is 81.6 Å². The highest BCUT2D eigenvalue weighted by Gasteiger charge is 2.42. The van der Waals surface area contributed by atoms with Gasteiger partial charge in [0.2, 0.25) is 5.91 Å². The van der Waals surface area contributed by atoms with Crippen LogP contribution >= 0.6 is 12.2 Å². The normalized spacial score (nSPS) is 16.6. The lowest BCUT2D eigenvalue weighted by Crippen LogP contribution is -2.30. The summed E-state index contributed by atoms with van der Waals surface area (Å²) in [5.41, 5.74) is 5.84. The van der Waals surface area contributed by atoms with Gasteiger partial charge in [-0.05, 0) is 91.4 Å². The molecule has 40 heavy (non-hydrogen) atoms. The van der Waals surface area contributed by atoms with Crippen LogP contribution in [0.3, 0.4) is 0 Å². The third kappa shape index (κ3) is 5.20. The van der Waals surface area contributed by atoms with Crippen LogP contribution in [0.4, 0.5) is 11.4 Å². The summed E-state index contributed by atoms with van der Waals surface area (Å²) < 4.78 is 6.95. The van der Waals surface area contributed by atoms with Gasteiger partial charge in [-0.15, -0.1) is 0 Å². The number of thiocarbonyl (C=S) groups is 1. The number of anilines is 2. The van der Waals surface area contributed by atoms with E-state index in [0.717, 1.165) is 34.0 Å². The Bertz CT molecular complexity index is 1550. The second-order valence-electron chi connectivity index (χ2n) is 9.98. The molecule has 5 rings (SSSR count). The van der Waals surface area contributed by atoms with E-state index in [9.17, 15) is 9.59 Å². The first kappa shape index (κ1) is 27.1. The molecule has 8 nitrogen and oxygen atoms in total. The summed E-state index contributed by atoms with van der Waals surface area (Å²) in [7, 11) is 1.37. The maximum atomic E-state index is 12.3. The van der Waals surface area contributed by atoms with Crippen LogP contribution < -0.4 is 15.5 Å². The molecule has 9 heteroatoms. The van der Waals surface area contributed by atoms with Crippen LogP contribution in [0.5, 0.6) is 0 Å². The molecule has 1 aliphatic heterocycles. The Labute approximate surface area is 239 Å². The molecule has 0 unspecified atom stereocenters. The van der Waals surface area contributed by atoms with Gasteiger partial charge in [0.15, 0.2) is 5.11 Å². The number of esters is 1. The Morgan fingerprint density at radius 3 is 2.42 bits per heavy atom. The van der Waals surface area contributed by atoms with Gasteiger partial charge in [-0.1, -0.05) is 19.9 Å². The molecule has 0 saturated carbocycles. The molecule has 2 atom stereocenters. The lowest BCUT2D eigenvalue weighted by atomic mass is 10.00. The highest BCUT2D eigenvalue weighted by molar-refractivity contribution is 7.80. The monoisotopic (exact) mass is 553 g/mol. The molecule has 3 heterocycles. The van der Waals surface area contributed by atoms with E-state index >= 15 is 0 Å². The predicted molar refractivity (Wildman–Crippen MR) is 160 cm³/mol. The van der Waals surface area contributed by atoms with Gasteiger partial charge in [0.25, 0.3) is 0 Å². The first-order chi connectivity index (χ1) is 19.3. The highest BCUT2D eigenvalue weighted by Crippen LogP contribution is 2.43. The molecule has 1 amide bonds. The van der Waals surface area contributed by atoms with Crippen molar-refractivity contribution >= 4 is 40.6 Å². The molecule has 2 aromatic carbocycles. The Hall–Kier alpha value is -4.50. The number of carbonyl (C=O) groups excluding carboxylic acids is 2. The minimum absolute atomic E-state index is 0.0293. The maximum Gasteiger partial charge on any atom is 0.337 e. The van der Waals surface area contributed by atoms with Gasteiger partial charge in [0.05, 0.1) is 24.4 Å². The number of rotatable bonds is 7. The van der Waals surface area contributed by atoms with Crippen LogP contribution in [-0.4, -0.2) is 33.6 Å². The topological polar surface area (TPSA) is 88.5 Å². The van der Waals surface area contributed by atoms with E-state index in [1.165, 1.54) is 7.11 Å². The third-order valence-electron chi connectivity index (χ3n) is 7.02. The average Bonchev–Trinajstić information content (AvgIpc) is 3.58. The zero-order valence-electron chi connectivity index (χ0n) is 22.8. The second-order valence-corrected chi connectivity index (χ2v) is 10.4.